The Hall–Kier alpha value is -1.67. The summed E-state index contributed by atoms with van der Waals surface area (Å²) in [7, 11) is 0. The highest BCUT2D eigenvalue weighted by Crippen LogP contribution is 2.29. The molecule has 0 unspecified atom stereocenters. The summed E-state index contributed by atoms with van der Waals surface area (Å²) in [4.78, 5) is 15.4. The molecule has 0 spiro atoms. The minimum atomic E-state index is 0.0159. The lowest BCUT2D eigenvalue weighted by atomic mass is 9.97. The van der Waals surface area contributed by atoms with E-state index in [0.717, 1.165) is 16.7 Å². The van der Waals surface area contributed by atoms with Crippen molar-refractivity contribution in [1.29, 1.82) is 0 Å². The van der Waals surface area contributed by atoms with Gasteiger partial charge in [-0.2, -0.15) is 0 Å². The lowest BCUT2D eigenvalue weighted by molar-refractivity contribution is 0.101. The molecule has 0 aliphatic heterocycles. The molecule has 3 heteroatoms. The van der Waals surface area contributed by atoms with E-state index in [-0.39, 0.29) is 5.78 Å². The quantitative estimate of drug-likeness (QED) is 0.751. The summed E-state index contributed by atoms with van der Waals surface area (Å²) in [5.41, 5.74) is 3.60. The Morgan fingerprint density at radius 3 is 2.47 bits per heavy atom. The number of hydrogen-bond acceptors (Lipinski definition) is 2. The molecule has 0 saturated heterocycles. The first-order chi connectivity index (χ1) is 8.09. The van der Waals surface area contributed by atoms with Crippen LogP contribution in [0.5, 0.6) is 0 Å². The smallest absolute Gasteiger partial charge is 0.159 e. The van der Waals surface area contributed by atoms with E-state index in [9.17, 15) is 4.79 Å². The number of carbonyl (C=O) groups is 1. The molecule has 0 fully saturated rings. The predicted octanol–water partition coefficient (Wildman–Crippen LogP) is 3.91. The molecule has 2 nitrogen and oxygen atoms in total. The summed E-state index contributed by atoms with van der Waals surface area (Å²) in [6, 6.07) is 7.40. The van der Waals surface area contributed by atoms with Crippen molar-refractivity contribution >= 4 is 17.4 Å². The van der Waals surface area contributed by atoms with Crippen LogP contribution < -0.4 is 0 Å². The van der Waals surface area contributed by atoms with E-state index in [1.54, 1.807) is 18.5 Å². The van der Waals surface area contributed by atoms with Crippen LogP contribution in [-0.2, 0) is 0 Å². The second-order valence-corrected chi connectivity index (χ2v) is 4.33. The van der Waals surface area contributed by atoms with Crippen molar-refractivity contribution in [3.8, 4) is 11.1 Å². The first-order valence-electron chi connectivity index (χ1n) is 5.31. The standard InChI is InChI=1S/C14H12ClNO/c1-9-13(11-3-5-16-6-4-11)7-12(10(2)17)8-14(9)15/h3-8H,1-2H3. The van der Waals surface area contributed by atoms with E-state index in [1.807, 2.05) is 25.1 Å². The van der Waals surface area contributed by atoms with Gasteiger partial charge in [0.1, 0.15) is 0 Å². The maximum atomic E-state index is 11.4. The van der Waals surface area contributed by atoms with Gasteiger partial charge in [0.25, 0.3) is 0 Å². The number of halogens is 1. The van der Waals surface area contributed by atoms with Gasteiger partial charge >= 0.3 is 0 Å². The zero-order valence-corrected chi connectivity index (χ0v) is 10.5. The van der Waals surface area contributed by atoms with Crippen molar-refractivity contribution in [3.63, 3.8) is 0 Å². The second-order valence-electron chi connectivity index (χ2n) is 3.92. The van der Waals surface area contributed by atoms with Crippen LogP contribution in [0.3, 0.4) is 0 Å². The molecule has 2 aromatic rings. The number of benzene rings is 1. The Bertz CT molecular complexity index is 564. The minimum Gasteiger partial charge on any atom is -0.295 e. The largest absolute Gasteiger partial charge is 0.295 e. The third-order valence-corrected chi connectivity index (χ3v) is 3.13. The van der Waals surface area contributed by atoms with Gasteiger partial charge in [0.15, 0.2) is 5.78 Å². The SMILES string of the molecule is CC(=O)c1cc(Cl)c(C)c(-c2ccncc2)c1. The number of hydrogen-bond donors (Lipinski definition) is 0. The number of pyridine rings is 1. The van der Waals surface area contributed by atoms with Crippen molar-refractivity contribution in [1.82, 2.24) is 4.98 Å². The molecule has 0 aliphatic carbocycles. The fraction of sp³-hybridized carbons (Fsp3) is 0.143. The minimum absolute atomic E-state index is 0.0159. The van der Waals surface area contributed by atoms with Crippen molar-refractivity contribution in [2.45, 2.75) is 13.8 Å². The number of nitrogens with zero attached hydrogens (tertiary/aromatic N) is 1. The first-order valence-corrected chi connectivity index (χ1v) is 5.69. The van der Waals surface area contributed by atoms with Crippen LogP contribution >= 0.6 is 11.6 Å². The van der Waals surface area contributed by atoms with Crippen LogP contribution in [-0.4, -0.2) is 10.8 Å². The van der Waals surface area contributed by atoms with Gasteiger partial charge in [0.2, 0.25) is 0 Å². The molecule has 1 aromatic carbocycles. The molecule has 1 heterocycles. The van der Waals surface area contributed by atoms with E-state index < -0.39 is 0 Å². The molecular weight excluding hydrogens is 234 g/mol. The van der Waals surface area contributed by atoms with Crippen molar-refractivity contribution in [2.75, 3.05) is 0 Å². The van der Waals surface area contributed by atoms with E-state index in [0.29, 0.717) is 10.6 Å². The fourth-order valence-corrected chi connectivity index (χ4v) is 1.93. The Morgan fingerprint density at radius 2 is 1.88 bits per heavy atom. The summed E-state index contributed by atoms with van der Waals surface area (Å²) in [6.45, 7) is 3.49. The number of carbonyl (C=O) groups excluding carboxylic acids is 1. The Kier molecular flexibility index (Phi) is 3.25. The first kappa shape index (κ1) is 11.8. The molecule has 86 valence electrons. The van der Waals surface area contributed by atoms with Gasteiger partial charge in [-0.1, -0.05) is 11.6 Å². The fourth-order valence-electron chi connectivity index (χ4n) is 1.71. The monoisotopic (exact) mass is 245 g/mol. The van der Waals surface area contributed by atoms with Crippen molar-refractivity contribution in [2.24, 2.45) is 0 Å². The highest BCUT2D eigenvalue weighted by atomic mass is 35.5. The molecule has 0 radical (unpaired) electrons. The summed E-state index contributed by atoms with van der Waals surface area (Å²) in [6.07, 6.45) is 3.45. The van der Waals surface area contributed by atoms with Gasteiger partial charge in [-0.25, -0.2) is 0 Å². The molecule has 17 heavy (non-hydrogen) atoms. The summed E-state index contributed by atoms with van der Waals surface area (Å²) in [5.74, 6) is 0.0159. The highest BCUT2D eigenvalue weighted by Gasteiger charge is 2.10. The molecule has 0 bridgehead atoms. The van der Waals surface area contributed by atoms with Gasteiger partial charge in [0, 0.05) is 23.0 Å². The summed E-state index contributed by atoms with van der Waals surface area (Å²) < 4.78 is 0. The third kappa shape index (κ3) is 2.37. The predicted molar refractivity (Wildman–Crippen MR) is 69.4 cm³/mol. The molecule has 0 N–H and O–H groups in total. The number of Topliss-reactive ketones (excluding diaryl/α,β-unsaturated/α-hetero) is 1. The van der Waals surface area contributed by atoms with Gasteiger partial charge in [-0.15, -0.1) is 0 Å². The normalized spacial score (nSPS) is 10.3. The van der Waals surface area contributed by atoms with Crippen LogP contribution in [0.25, 0.3) is 11.1 Å². The molecular formula is C14H12ClNO. The Labute approximate surface area is 105 Å². The van der Waals surface area contributed by atoms with Crippen LogP contribution in [0.4, 0.5) is 0 Å². The Balaban J connectivity index is 2.65. The topological polar surface area (TPSA) is 30.0 Å². The van der Waals surface area contributed by atoms with Crippen molar-refractivity contribution < 1.29 is 4.79 Å². The average Bonchev–Trinajstić information content (AvgIpc) is 2.33. The molecule has 2 rings (SSSR count). The zero-order valence-electron chi connectivity index (χ0n) is 9.70. The third-order valence-electron chi connectivity index (χ3n) is 2.74. The summed E-state index contributed by atoms with van der Waals surface area (Å²) >= 11 is 6.15. The lowest BCUT2D eigenvalue weighted by Crippen LogP contribution is -1.95. The van der Waals surface area contributed by atoms with Crippen LogP contribution in [0.15, 0.2) is 36.7 Å². The molecule has 1 aromatic heterocycles. The van der Waals surface area contributed by atoms with E-state index in [2.05, 4.69) is 4.98 Å². The van der Waals surface area contributed by atoms with Crippen LogP contribution in [0.2, 0.25) is 5.02 Å². The number of aromatic nitrogens is 1. The van der Waals surface area contributed by atoms with E-state index >= 15 is 0 Å². The van der Waals surface area contributed by atoms with Gasteiger partial charge in [0.05, 0.1) is 0 Å². The zero-order chi connectivity index (χ0) is 12.4. The number of ketones is 1. The van der Waals surface area contributed by atoms with Crippen molar-refractivity contribution in [3.05, 3.63) is 52.8 Å². The maximum Gasteiger partial charge on any atom is 0.159 e. The van der Waals surface area contributed by atoms with Gasteiger partial charge in [-0.05, 0) is 54.8 Å². The van der Waals surface area contributed by atoms with Crippen LogP contribution in [0.1, 0.15) is 22.8 Å². The average molecular weight is 246 g/mol. The molecule has 0 saturated carbocycles. The maximum absolute atomic E-state index is 11.4. The van der Waals surface area contributed by atoms with E-state index in [4.69, 9.17) is 11.6 Å². The number of rotatable bonds is 2. The molecule has 0 atom stereocenters. The van der Waals surface area contributed by atoms with E-state index in [1.165, 1.54) is 6.92 Å². The summed E-state index contributed by atoms with van der Waals surface area (Å²) in [5, 5.41) is 0.615. The van der Waals surface area contributed by atoms with Gasteiger partial charge in [-0.3, -0.25) is 9.78 Å². The molecule has 0 amide bonds. The van der Waals surface area contributed by atoms with Crippen LogP contribution in [0, 0.1) is 6.92 Å². The Morgan fingerprint density at radius 1 is 1.24 bits per heavy atom. The van der Waals surface area contributed by atoms with Gasteiger partial charge < -0.3 is 0 Å². The molecule has 0 aliphatic rings. The second kappa shape index (κ2) is 4.68. The lowest BCUT2D eigenvalue weighted by Gasteiger charge is -2.09. The highest BCUT2D eigenvalue weighted by molar-refractivity contribution is 6.32.